The number of tetrazole rings is 1. The van der Waals surface area contributed by atoms with Crippen molar-refractivity contribution in [3.05, 3.63) is 17.8 Å². The van der Waals surface area contributed by atoms with E-state index in [9.17, 15) is 0 Å². The maximum atomic E-state index is 4.30. The van der Waals surface area contributed by atoms with Crippen molar-refractivity contribution in [2.45, 2.75) is 26.3 Å². The highest BCUT2D eigenvalue weighted by atomic mass is 15.6. The van der Waals surface area contributed by atoms with Gasteiger partial charge >= 0.3 is 0 Å². The van der Waals surface area contributed by atoms with E-state index in [0.717, 1.165) is 18.7 Å². The Labute approximate surface area is 87.7 Å². The van der Waals surface area contributed by atoms with Crippen LogP contribution in [0.2, 0.25) is 0 Å². The molecule has 1 atom stereocenters. The van der Waals surface area contributed by atoms with E-state index in [1.165, 1.54) is 4.63 Å². The molecule has 2 aromatic rings. The average Bonchev–Trinajstić information content (AvgIpc) is 2.65. The third-order valence-electron chi connectivity index (χ3n) is 2.19. The third-order valence-corrected chi connectivity index (χ3v) is 2.19. The van der Waals surface area contributed by atoms with Crippen molar-refractivity contribution in [2.75, 3.05) is 6.54 Å². The molecule has 2 rings (SSSR count). The van der Waals surface area contributed by atoms with E-state index in [2.05, 4.69) is 39.8 Å². The highest BCUT2D eigenvalue weighted by Crippen LogP contribution is 2.01. The first-order chi connectivity index (χ1) is 7.29. The minimum atomic E-state index is 0.413. The molecule has 0 spiro atoms. The summed E-state index contributed by atoms with van der Waals surface area (Å²) in [6.07, 6.45) is 0.879. The molecule has 1 unspecified atom stereocenters. The van der Waals surface area contributed by atoms with E-state index in [-0.39, 0.29) is 0 Å². The fraction of sp³-hybridized carbons (Fsp3) is 0.556. The number of hydrogen-bond donors (Lipinski definition) is 1. The Hall–Kier alpha value is -1.56. The predicted octanol–water partition coefficient (Wildman–Crippen LogP) is 0.0598. The van der Waals surface area contributed by atoms with Crippen molar-refractivity contribution in [2.24, 2.45) is 0 Å². The summed E-state index contributed by atoms with van der Waals surface area (Å²) < 4.78 is 1.45. The molecule has 6 heteroatoms. The van der Waals surface area contributed by atoms with Gasteiger partial charge in [0, 0.05) is 12.5 Å². The lowest BCUT2D eigenvalue weighted by molar-refractivity contribution is 0.551. The van der Waals surface area contributed by atoms with Crippen molar-refractivity contribution in [3.8, 4) is 0 Å². The Morgan fingerprint density at radius 3 is 3.13 bits per heavy atom. The van der Waals surface area contributed by atoms with E-state index < -0.39 is 0 Å². The van der Waals surface area contributed by atoms with Gasteiger partial charge < -0.3 is 5.32 Å². The summed E-state index contributed by atoms with van der Waals surface area (Å²) in [5.74, 6) is 0. The summed E-state index contributed by atoms with van der Waals surface area (Å²) in [5, 5.41) is 18.7. The van der Waals surface area contributed by atoms with Crippen molar-refractivity contribution >= 4 is 5.65 Å². The Bertz CT molecular complexity index is 437. The number of rotatable bonds is 4. The Kier molecular flexibility index (Phi) is 2.86. The average molecular weight is 206 g/mol. The first-order valence-electron chi connectivity index (χ1n) is 5.07. The second-order valence-corrected chi connectivity index (χ2v) is 3.51. The van der Waals surface area contributed by atoms with Crippen LogP contribution < -0.4 is 5.32 Å². The normalized spacial score (nSPS) is 13.2. The summed E-state index contributed by atoms with van der Waals surface area (Å²) in [6.45, 7) is 5.19. The molecule has 0 fully saturated rings. The van der Waals surface area contributed by atoms with Gasteiger partial charge in [-0.2, -0.15) is 5.10 Å². The van der Waals surface area contributed by atoms with Crippen LogP contribution in [-0.2, 0) is 6.42 Å². The van der Waals surface area contributed by atoms with Gasteiger partial charge in [0.05, 0.1) is 5.69 Å². The summed E-state index contributed by atoms with van der Waals surface area (Å²) in [4.78, 5) is 0. The minimum absolute atomic E-state index is 0.413. The van der Waals surface area contributed by atoms with Gasteiger partial charge in [0.25, 0.3) is 0 Å². The van der Waals surface area contributed by atoms with Crippen LogP contribution in [0.1, 0.15) is 19.5 Å². The lowest BCUT2D eigenvalue weighted by atomic mass is 10.2. The van der Waals surface area contributed by atoms with E-state index >= 15 is 0 Å². The highest BCUT2D eigenvalue weighted by molar-refractivity contribution is 5.32. The van der Waals surface area contributed by atoms with E-state index in [0.29, 0.717) is 11.7 Å². The number of nitrogens with one attached hydrogen (secondary N) is 1. The van der Waals surface area contributed by atoms with Gasteiger partial charge in [0.2, 0.25) is 0 Å². The fourth-order valence-electron chi connectivity index (χ4n) is 1.53. The Balaban J connectivity index is 2.14. The Morgan fingerprint density at radius 1 is 1.47 bits per heavy atom. The quantitative estimate of drug-likeness (QED) is 0.766. The molecule has 0 aliphatic rings. The second-order valence-electron chi connectivity index (χ2n) is 3.51. The van der Waals surface area contributed by atoms with E-state index in [4.69, 9.17) is 0 Å². The number of likely N-dealkylation sites (N-methyl/N-ethyl adjacent to an activating group) is 1. The number of hydrogen-bond acceptors (Lipinski definition) is 5. The zero-order chi connectivity index (χ0) is 10.7. The van der Waals surface area contributed by atoms with Crippen LogP contribution in [0.3, 0.4) is 0 Å². The molecule has 0 saturated heterocycles. The summed E-state index contributed by atoms with van der Waals surface area (Å²) in [6, 6.07) is 4.25. The first-order valence-corrected chi connectivity index (χ1v) is 5.07. The standard InChI is InChI=1S/C9H14N6/c1-3-10-7(2)6-8-4-5-9-11-13-14-15(9)12-8/h4-5,7,10H,3,6H2,1-2H3. The number of aromatic nitrogens is 5. The van der Waals surface area contributed by atoms with E-state index in [1.54, 1.807) is 0 Å². The molecule has 0 aromatic carbocycles. The third kappa shape index (κ3) is 2.27. The first kappa shape index (κ1) is 9.97. The summed E-state index contributed by atoms with van der Waals surface area (Å²) in [5.41, 5.74) is 1.66. The van der Waals surface area contributed by atoms with Gasteiger partial charge in [-0.05, 0) is 36.0 Å². The van der Waals surface area contributed by atoms with Crippen LogP contribution in [0.4, 0.5) is 0 Å². The van der Waals surface area contributed by atoms with Gasteiger partial charge in [-0.3, -0.25) is 0 Å². The molecule has 6 nitrogen and oxygen atoms in total. The van der Waals surface area contributed by atoms with Crippen molar-refractivity contribution < 1.29 is 0 Å². The van der Waals surface area contributed by atoms with Crippen LogP contribution in [-0.4, -0.2) is 37.8 Å². The molecule has 0 bridgehead atoms. The molecular formula is C9H14N6. The van der Waals surface area contributed by atoms with Crippen LogP contribution in [0.25, 0.3) is 5.65 Å². The van der Waals surface area contributed by atoms with Gasteiger partial charge in [-0.15, -0.1) is 9.73 Å². The maximum Gasteiger partial charge on any atom is 0.199 e. The molecule has 0 radical (unpaired) electrons. The van der Waals surface area contributed by atoms with Crippen molar-refractivity contribution in [3.63, 3.8) is 0 Å². The molecule has 2 aromatic heterocycles. The maximum absolute atomic E-state index is 4.30. The molecule has 2 heterocycles. The van der Waals surface area contributed by atoms with Crippen LogP contribution in [0, 0.1) is 0 Å². The molecule has 0 aliphatic carbocycles. The molecule has 80 valence electrons. The largest absolute Gasteiger partial charge is 0.314 e. The lowest BCUT2D eigenvalue weighted by Gasteiger charge is -2.10. The van der Waals surface area contributed by atoms with Gasteiger partial charge in [-0.1, -0.05) is 6.92 Å². The minimum Gasteiger partial charge on any atom is -0.314 e. The van der Waals surface area contributed by atoms with Crippen molar-refractivity contribution in [1.29, 1.82) is 0 Å². The molecular weight excluding hydrogens is 192 g/mol. The number of fused-ring (bicyclic) bond motifs is 1. The summed E-state index contributed by atoms with van der Waals surface area (Å²) in [7, 11) is 0. The monoisotopic (exact) mass is 206 g/mol. The Morgan fingerprint density at radius 2 is 2.33 bits per heavy atom. The zero-order valence-electron chi connectivity index (χ0n) is 8.88. The van der Waals surface area contributed by atoms with Crippen LogP contribution in [0.5, 0.6) is 0 Å². The lowest BCUT2D eigenvalue weighted by Crippen LogP contribution is -2.28. The van der Waals surface area contributed by atoms with Gasteiger partial charge in [0.15, 0.2) is 5.65 Å². The van der Waals surface area contributed by atoms with Gasteiger partial charge in [0.1, 0.15) is 0 Å². The smallest absolute Gasteiger partial charge is 0.199 e. The van der Waals surface area contributed by atoms with Crippen LogP contribution >= 0.6 is 0 Å². The second kappa shape index (κ2) is 4.31. The van der Waals surface area contributed by atoms with Crippen LogP contribution in [0.15, 0.2) is 12.1 Å². The van der Waals surface area contributed by atoms with E-state index in [1.807, 2.05) is 12.1 Å². The molecule has 1 N–H and O–H groups in total. The SMILES string of the molecule is CCNC(C)Cc1ccc2nnnn2n1. The molecule has 0 saturated carbocycles. The highest BCUT2D eigenvalue weighted by Gasteiger charge is 2.05. The predicted molar refractivity (Wildman–Crippen MR) is 55.4 cm³/mol. The molecule has 15 heavy (non-hydrogen) atoms. The van der Waals surface area contributed by atoms with Crippen molar-refractivity contribution in [1.82, 2.24) is 30.6 Å². The molecule has 0 amide bonds. The number of nitrogens with zero attached hydrogens (tertiary/aromatic N) is 5. The van der Waals surface area contributed by atoms with Gasteiger partial charge in [-0.25, -0.2) is 0 Å². The zero-order valence-corrected chi connectivity index (χ0v) is 8.88. The fourth-order valence-corrected chi connectivity index (χ4v) is 1.53. The topological polar surface area (TPSA) is 68.0 Å². The summed E-state index contributed by atoms with van der Waals surface area (Å²) >= 11 is 0. The molecule has 0 aliphatic heterocycles.